The van der Waals surface area contributed by atoms with Crippen LogP contribution in [0.5, 0.6) is 0 Å². The van der Waals surface area contributed by atoms with Gasteiger partial charge in [0.05, 0.1) is 40.5 Å². The van der Waals surface area contributed by atoms with Gasteiger partial charge in [0.15, 0.2) is 11.5 Å². The van der Waals surface area contributed by atoms with Crippen molar-refractivity contribution in [2.75, 3.05) is 5.32 Å². The summed E-state index contributed by atoms with van der Waals surface area (Å²) in [5, 5.41) is 11.1. The molecular weight excluding hydrogens is 498 g/mol. The van der Waals surface area contributed by atoms with Crippen LogP contribution in [0.15, 0.2) is 79.7 Å². The molecule has 9 nitrogen and oxygen atoms in total. The van der Waals surface area contributed by atoms with E-state index in [1.807, 2.05) is 42.7 Å². The van der Waals surface area contributed by atoms with Crippen molar-refractivity contribution in [2.45, 2.75) is 38.5 Å². The molecule has 0 saturated heterocycles. The number of aromatic amines is 2. The maximum atomic E-state index is 4.97. The summed E-state index contributed by atoms with van der Waals surface area (Å²) < 4.78 is 0. The lowest BCUT2D eigenvalue weighted by Crippen LogP contribution is -2.10. The molecule has 6 aromatic heterocycles. The molecule has 0 bridgehead atoms. The Morgan fingerprint density at radius 2 is 1.80 bits per heavy atom. The Labute approximate surface area is 231 Å². The van der Waals surface area contributed by atoms with Gasteiger partial charge in [0.2, 0.25) is 0 Å². The molecule has 1 aliphatic rings. The van der Waals surface area contributed by atoms with Crippen molar-refractivity contribution in [1.29, 1.82) is 0 Å². The topological polar surface area (TPSA) is 121 Å². The number of H-pyrrole nitrogens is 2. The van der Waals surface area contributed by atoms with Crippen molar-refractivity contribution in [3.63, 3.8) is 0 Å². The Balaban J connectivity index is 1.19. The van der Waals surface area contributed by atoms with E-state index in [1.165, 1.54) is 32.1 Å². The number of nitrogens with zero attached hydrogens (tertiary/aromatic N) is 6. The number of aromatic nitrogens is 8. The number of hydrogen-bond donors (Lipinski definition) is 3. The number of rotatable bonds is 7. The maximum absolute atomic E-state index is 4.97. The van der Waals surface area contributed by atoms with Crippen molar-refractivity contribution in [3.8, 4) is 34.0 Å². The molecule has 3 N–H and O–H groups in total. The molecule has 0 unspecified atom stereocenters. The van der Waals surface area contributed by atoms with Gasteiger partial charge in [-0.1, -0.05) is 44.7 Å². The molecule has 1 fully saturated rings. The van der Waals surface area contributed by atoms with E-state index in [0.29, 0.717) is 11.5 Å². The molecule has 6 heterocycles. The van der Waals surface area contributed by atoms with Gasteiger partial charge < -0.3 is 10.3 Å². The zero-order valence-corrected chi connectivity index (χ0v) is 22.1. The van der Waals surface area contributed by atoms with Crippen LogP contribution in [-0.2, 0) is 0 Å². The number of imidazole rings is 1. The maximum Gasteiger partial charge on any atom is 0.161 e. The number of pyridine rings is 4. The average molecular weight is 528 g/mol. The standard InChI is InChI=1S/C31H29N9/c1-19(13-20-7-3-2-4-8-20)35-22-14-21(15-32-16-22)24-10-11-26-29(36-24)30(40-39-26)31-37-27-18-33-17-23(28(27)38-31)25-9-5-6-12-34-25/h5-6,9-12,14-18,20,35H,1-4,7-8,13H2,(H,37,38)(H,39,40). The molecular formula is C31H29N9. The first-order valence-corrected chi connectivity index (χ1v) is 13.7. The molecule has 0 aromatic carbocycles. The minimum absolute atomic E-state index is 0.614. The van der Waals surface area contributed by atoms with Crippen LogP contribution in [0, 0.1) is 5.92 Å². The van der Waals surface area contributed by atoms with Crippen LogP contribution in [0.3, 0.4) is 0 Å². The summed E-state index contributed by atoms with van der Waals surface area (Å²) in [6, 6.07) is 11.8. The van der Waals surface area contributed by atoms with Gasteiger partial charge >= 0.3 is 0 Å². The van der Waals surface area contributed by atoms with E-state index in [2.05, 4.69) is 48.1 Å². The highest BCUT2D eigenvalue weighted by Crippen LogP contribution is 2.32. The molecule has 7 rings (SSSR count). The van der Waals surface area contributed by atoms with Crippen molar-refractivity contribution >= 4 is 27.8 Å². The summed E-state index contributed by atoms with van der Waals surface area (Å²) >= 11 is 0. The molecule has 9 heteroatoms. The van der Waals surface area contributed by atoms with Gasteiger partial charge in [0.1, 0.15) is 11.0 Å². The summed E-state index contributed by atoms with van der Waals surface area (Å²) in [6.45, 7) is 4.28. The normalized spacial score (nSPS) is 14.1. The molecule has 198 valence electrons. The van der Waals surface area contributed by atoms with E-state index in [1.54, 1.807) is 18.6 Å². The average Bonchev–Trinajstić information content (AvgIpc) is 3.62. The molecule has 6 aromatic rings. The van der Waals surface area contributed by atoms with Crippen molar-refractivity contribution in [3.05, 3.63) is 79.7 Å². The molecule has 1 aliphatic carbocycles. The molecule has 0 radical (unpaired) electrons. The summed E-state index contributed by atoms with van der Waals surface area (Å²) in [6.07, 6.45) is 16.6. The van der Waals surface area contributed by atoms with Crippen molar-refractivity contribution in [2.24, 2.45) is 5.92 Å². The van der Waals surface area contributed by atoms with Crippen LogP contribution in [0.1, 0.15) is 38.5 Å². The van der Waals surface area contributed by atoms with E-state index >= 15 is 0 Å². The van der Waals surface area contributed by atoms with Gasteiger partial charge in [-0.05, 0) is 42.7 Å². The van der Waals surface area contributed by atoms with Crippen molar-refractivity contribution < 1.29 is 0 Å². The van der Waals surface area contributed by atoms with Gasteiger partial charge in [0, 0.05) is 35.4 Å². The molecule has 0 atom stereocenters. The van der Waals surface area contributed by atoms with Gasteiger partial charge in [-0.2, -0.15) is 5.10 Å². The third-order valence-corrected chi connectivity index (χ3v) is 7.58. The molecule has 1 saturated carbocycles. The quantitative estimate of drug-likeness (QED) is 0.206. The predicted molar refractivity (Wildman–Crippen MR) is 157 cm³/mol. The minimum Gasteiger partial charge on any atom is -0.358 e. The van der Waals surface area contributed by atoms with Crippen LogP contribution in [0.25, 0.3) is 56.1 Å². The summed E-state index contributed by atoms with van der Waals surface area (Å²) in [5.74, 6) is 1.34. The van der Waals surface area contributed by atoms with Gasteiger partial charge in [-0.15, -0.1) is 0 Å². The van der Waals surface area contributed by atoms with Crippen molar-refractivity contribution in [1.82, 2.24) is 40.1 Å². The lowest BCUT2D eigenvalue weighted by atomic mass is 9.86. The number of nitrogens with one attached hydrogen (secondary N) is 3. The van der Waals surface area contributed by atoms with Gasteiger partial charge in [0.25, 0.3) is 0 Å². The first kappa shape index (κ1) is 24.1. The minimum atomic E-state index is 0.614. The van der Waals surface area contributed by atoms with E-state index < -0.39 is 0 Å². The highest BCUT2D eigenvalue weighted by Gasteiger charge is 2.18. The predicted octanol–water partition coefficient (Wildman–Crippen LogP) is 6.92. The fourth-order valence-electron chi connectivity index (χ4n) is 5.62. The third kappa shape index (κ3) is 4.70. The van der Waals surface area contributed by atoms with Crippen LogP contribution in [0.2, 0.25) is 0 Å². The van der Waals surface area contributed by atoms with Gasteiger partial charge in [-0.25, -0.2) is 9.97 Å². The Hall–Kier alpha value is -4.92. The van der Waals surface area contributed by atoms with E-state index in [-0.39, 0.29) is 0 Å². The molecule has 40 heavy (non-hydrogen) atoms. The summed E-state index contributed by atoms with van der Waals surface area (Å²) in [5.41, 5.74) is 9.12. The first-order chi connectivity index (χ1) is 19.7. The van der Waals surface area contributed by atoms with Crippen LogP contribution in [0.4, 0.5) is 5.69 Å². The van der Waals surface area contributed by atoms with E-state index in [0.717, 1.165) is 68.3 Å². The number of allylic oxidation sites excluding steroid dienone is 1. The molecule has 0 aliphatic heterocycles. The lowest BCUT2D eigenvalue weighted by Gasteiger charge is -2.22. The second-order valence-electron chi connectivity index (χ2n) is 10.4. The fourth-order valence-corrected chi connectivity index (χ4v) is 5.62. The lowest BCUT2D eigenvalue weighted by molar-refractivity contribution is 0.357. The molecule has 0 spiro atoms. The zero-order valence-electron chi connectivity index (χ0n) is 22.1. The number of fused-ring (bicyclic) bond motifs is 2. The fraction of sp³-hybridized carbons (Fsp3) is 0.226. The Kier molecular flexibility index (Phi) is 6.24. The Bertz CT molecular complexity index is 1810. The SMILES string of the molecule is C=C(CC1CCCCC1)Nc1cncc(-c2ccc3[nH]nc(-c4nc5c(-c6ccccn6)cncc5[nH]4)c3n2)c1. The Morgan fingerprint density at radius 3 is 2.67 bits per heavy atom. The van der Waals surface area contributed by atoms with E-state index in [4.69, 9.17) is 9.97 Å². The van der Waals surface area contributed by atoms with E-state index in [9.17, 15) is 0 Å². The monoisotopic (exact) mass is 527 g/mol. The number of hydrogen-bond acceptors (Lipinski definition) is 7. The molecule has 0 amide bonds. The van der Waals surface area contributed by atoms with Crippen LogP contribution >= 0.6 is 0 Å². The Morgan fingerprint density at radius 1 is 0.900 bits per heavy atom. The van der Waals surface area contributed by atoms with Crippen LogP contribution in [-0.4, -0.2) is 40.1 Å². The highest BCUT2D eigenvalue weighted by atomic mass is 15.2. The second kappa shape index (κ2) is 10.3. The second-order valence-corrected chi connectivity index (χ2v) is 10.4. The smallest absolute Gasteiger partial charge is 0.161 e. The highest BCUT2D eigenvalue weighted by molar-refractivity contribution is 5.95. The van der Waals surface area contributed by atoms with Crippen LogP contribution < -0.4 is 5.32 Å². The summed E-state index contributed by atoms with van der Waals surface area (Å²) in [4.78, 5) is 26.6. The largest absolute Gasteiger partial charge is 0.358 e. The first-order valence-electron chi connectivity index (χ1n) is 13.7. The summed E-state index contributed by atoms with van der Waals surface area (Å²) in [7, 11) is 0. The number of anilines is 1. The third-order valence-electron chi connectivity index (χ3n) is 7.58. The van der Waals surface area contributed by atoms with Gasteiger partial charge in [-0.3, -0.25) is 20.1 Å². The zero-order chi connectivity index (χ0) is 26.9.